The molecule has 3 nitrogen and oxygen atoms in total. The third kappa shape index (κ3) is 1.57. The zero-order valence-electron chi connectivity index (χ0n) is 12.9. The molecule has 0 spiro atoms. The average molecular weight is 334 g/mol. The first-order valence-electron chi connectivity index (χ1n) is 7.92. The molecule has 0 amide bonds. The fraction of sp³-hybridized carbons (Fsp3) is 0.100. The van der Waals surface area contributed by atoms with Gasteiger partial charge in [-0.15, -0.1) is 0 Å². The van der Waals surface area contributed by atoms with Crippen molar-refractivity contribution in [3.05, 3.63) is 86.9 Å². The Balaban J connectivity index is 1.92. The number of halogens is 1. The van der Waals surface area contributed by atoms with Crippen LogP contribution in [0.15, 0.2) is 48.5 Å². The maximum Gasteiger partial charge on any atom is 0.0680 e. The van der Waals surface area contributed by atoms with E-state index < -0.39 is 0 Å². The van der Waals surface area contributed by atoms with Gasteiger partial charge < -0.3 is 17.2 Å². The Morgan fingerprint density at radius 2 is 1.17 bits per heavy atom. The Bertz CT molecular complexity index is 1030. The van der Waals surface area contributed by atoms with Crippen LogP contribution in [0, 0.1) is 0 Å². The summed E-state index contributed by atoms with van der Waals surface area (Å²) in [5.74, 6) is 0.173. The smallest absolute Gasteiger partial charge is 0.0680 e. The second-order valence-electron chi connectivity index (χ2n) is 6.61. The van der Waals surface area contributed by atoms with Gasteiger partial charge in [0.25, 0.3) is 0 Å². The van der Waals surface area contributed by atoms with Gasteiger partial charge in [-0.3, -0.25) is 0 Å². The minimum atomic E-state index is 0.0510. The van der Waals surface area contributed by atoms with Gasteiger partial charge in [-0.05, 0) is 63.7 Å². The lowest BCUT2D eigenvalue weighted by atomic mass is 9.61. The van der Waals surface area contributed by atoms with E-state index in [1.54, 1.807) is 0 Å². The maximum atomic E-state index is 6.63. The molecule has 0 heterocycles. The van der Waals surface area contributed by atoms with Gasteiger partial charge in [0.15, 0.2) is 0 Å². The largest absolute Gasteiger partial charge is 0.399 e. The van der Waals surface area contributed by atoms with Gasteiger partial charge in [0.2, 0.25) is 0 Å². The minimum absolute atomic E-state index is 0.0510. The Morgan fingerprint density at radius 1 is 0.625 bits per heavy atom. The SMILES string of the molecule is Nc1ccc2c(c1)C1c3ccc(N)cc3C2c2c1ccc(N)c2Cl. The van der Waals surface area contributed by atoms with E-state index >= 15 is 0 Å². The molecule has 3 aliphatic carbocycles. The van der Waals surface area contributed by atoms with Crippen LogP contribution in [-0.2, 0) is 0 Å². The van der Waals surface area contributed by atoms with Crippen molar-refractivity contribution in [2.45, 2.75) is 11.8 Å². The summed E-state index contributed by atoms with van der Waals surface area (Å²) in [5, 5.41) is 0.651. The number of hydrogen-bond acceptors (Lipinski definition) is 3. The highest BCUT2D eigenvalue weighted by atomic mass is 35.5. The third-order valence-electron chi connectivity index (χ3n) is 5.31. The fourth-order valence-electron chi connectivity index (χ4n) is 4.36. The summed E-state index contributed by atoms with van der Waals surface area (Å²) in [7, 11) is 0. The van der Waals surface area contributed by atoms with Crippen LogP contribution in [0.2, 0.25) is 5.02 Å². The molecule has 0 saturated carbocycles. The molecule has 0 fully saturated rings. The second-order valence-corrected chi connectivity index (χ2v) is 6.99. The predicted molar refractivity (Wildman–Crippen MR) is 99.5 cm³/mol. The number of nitrogen functional groups attached to an aromatic ring is 3. The maximum absolute atomic E-state index is 6.63. The molecule has 2 unspecified atom stereocenters. The number of rotatable bonds is 0. The molecule has 3 aromatic rings. The first kappa shape index (κ1) is 13.8. The van der Waals surface area contributed by atoms with Crippen LogP contribution in [0.25, 0.3) is 0 Å². The monoisotopic (exact) mass is 333 g/mol. The summed E-state index contributed by atoms with van der Waals surface area (Å²) >= 11 is 6.63. The van der Waals surface area contributed by atoms with Gasteiger partial charge in [-0.2, -0.15) is 0 Å². The van der Waals surface area contributed by atoms with E-state index in [4.69, 9.17) is 28.8 Å². The van der Waals surface area contributed by atoms with Crippen molar-refractivity contribution >= 4 is 28.7 Å². The van der Waals surface area contributed by atoms with E-state index in [2.05, 4.69) is 30.3 Å². The van der Waals surface area contributed by atoms with E-state index in [0.717, 1.165) is 16.9 Å². The number of nitrogens with two attached hydrogens (primary N) is 3. The molecular weight excluding hydrogens is 318 g/mol. The van der Waals surface area contributed by atoms with Crippen LogP contribution >= 0.6 is 11.6 Å². The Morgan fingerprint density at radius 3 is 1.83 bits per heavy atom. The molecule has 6 rings (SSSR count). The lowest BCUT2D eigenvalue weighted by Gasteiger charge is -2.43. The number of anilines is 3. The molecule has 24 heavy (non-hydrogen) atoms. The quantitative estimate of drug-likeness (QED) is 0.374. The molecule has 0 saturated heterocycles. The van der Waals surface area contributed by atoms with Crippen molar-refractivity contribution in [3.8, 4) is 0 Å². The highest BCUT2D eigenvalue weighted by Gasteiger charge is 2.42. The summed E-state index contributed by atoms with van der Waals surface area (Å²) in [4.78, 5) is 0. The lowest BCUT2D eigenvalue weighted by Crippen LogP contribution is -2.28. The summed E-state index contributed by atoms with van der Waals surface area (Å²) in [6.45, 7) is 0. The summed E-state index contributed by atoms with van der Waals surface area (Å²) in [6, 6.07) is 16.3. The first-order chi connectivity index (χ1) is 11.6. The molecule has 3 aromatic carbocycles. The van der Waals surface area contributed by atoms with Gasteiger partial charge in [-0.1, -0.05) is 29.8 Å². The molecule has 4 heteroatoms. The van der Waals surface area contributed by atoms with Crippen LogP contribution in [0.3, 0.4) is 0 Å². The van der Waals surface area contributed by atoms with Gasteiger partial charge >= 0.3 is 0 Å². The van der Waals surface area contributed by atoms with Gasteiger partial charge in [0.1, 0.15) is 0 Å². The fourth-order valence-corrected chi connectivity index (χ4v) is 4.64. The molecular formula is C20H16ClN3. The Labute approximate surface area is 145 Å². The van der Waals surface area contributed by atoms with Crippen molar-refractivity contribution in [1.29, 1.82) is 0 Å². The Kier molecular flexibility index (Phi) is 2.55. The van der Waals surface area contributed by atoms with Gasteiger partial charge in [0, 0.05) is 23.2 Å². The topological polar surface area (TPSA) is 78.1 Å². The van der Waals surface area contributed by atoms with E-state index in [9.17, 15) is 0 Å². The predicted octanol–water partition coefficient (Wildman–Crippen LogP) is 4.07. The Hall–Kier alpha value is -2.65. The van der Waals surface area contributed by atoms with Crippen LogP contribution < -0.4 is 17.2 Å². The van der Waals surface area contributed by atoms with Crippen molar-refractivity contribution in [2.75, 3.05) is 17.2 Å². The van der Waals surface area contributed by atoms with E-state index in [0.29, 0.717) is 10.7 Å². The molecule has 118 valence electrons. The molecule has 6 N–H and O–H groups in total. The molecule has 3 aliphatic rings. The highest BCUT2D eigenvalue weighted by molar-refractivity contribution is 6.34. The summed E-state index contributed by atoms with van der Waals surface area (Å²) in [6.07, 6.45) is 0. The molecule has 2 bridgehead atoms. The van der Waals surface area contributed by atoms with Crippen molar-refractivity contribution in [1.82, 2.24) is 0 Å². The summed E-state index contributed by atoms with van der Waals surface area (Å²) < 4.78 is 0. The molecule has 0 aliphatic heterocycles. The molecule has 2 atom stereocenters. The average Bonchev–Trinajstić information content (AvgIpc) is 2.57. The van der Waals surface area contributed by atoms with Crippen LogP contribution in [0.1, 0.15) is 45.2 Å². The zero-order chi connectivity index (χ0) is 16.6. The zero-order valence-corrected chi connectivity index (χ0v) is 13.6. The highest BCUT2D eigenvalue weighted by Crippen LogP contribution is 2.58. The van der Waals surface area contributed by atoms with Crippen LogP contribution in [0.5, 0.6) is 0 Å². The van der Waals surface area contributed by atoms with Gasteiger partial charge in [-0.25, -0.2) is 0 Å². The second kappa shape index (κ2) is 4.46. The minimum Gasteiger partial charge on any atom is -0.399 e. The molecule has 0 radical (unpaired) electrons. The van der Waals surface area contributed by atoms with Crippen LogP contribution in [-0.4, -0.2) is 0 Å². The van der Waals surface area contributed by atoms with E-state index in [1.165, 1.54) is 27.8 Å². The normalized spacial score (nSPS) is 19.5. The number of hydrogen-bond donors (Lipinski definition) is 3. The van der Waals surface area contributed by atoms with Crippen molar-refractivity contribution in [3.63, 3.8) is 0 Å². The van der Waals surface area contributed by atoms with E-state index in [-0.39, 0.29) is 11.8 Å². The first-order valence-corrected chi connectivity index (χ1v) is 8.30. The number of benzene rings is 3. The van der Waals surface area contributed by atoms with Crippen molar-refractivity contribution < 1.29 is 0 Å². The standard InChI is InChI=1S/C20H16ClN3/c21-20-16(24)6-5-13-17-11-3-1-10(23)8-15(11)18(19(13)20)12-4-2-9(22)7-14(12)17/h1-8,17-18H,22-24H2. The van der Waals surface area contributed by atoms with Crippen molar-refractivity contribution in [2.24, 2.45) is 0 Å². The van der Waals surface area contributed by atoms with E-state index in [1.807, 2.05) is 18.2 Å². The third-order valence-corrected chi connectivity index (χ3v) is 5.73. The van der Waals surface area contributed by atoms with Gasteiger partial charge in [0.05, 0.1) is 10.7 Å². The molecule has 0 aromatic heterocycles. The lowest BCUT2D eigenvalue weighted by molar-refractivity contribution is 0.756. The summed E-state index contributed by atoms with van der Waals surface area (Å²) in [5.41, 5.74) is 27.7. The van der Waals surface area contributed by atoms with Crippen LogP contribution in [0.4, 0.5) is 17.1 Å².